The fraction of sp³-hybridized carbons (Fsp3) is 0.267. The summed E-state index contributed by atoms with van der Waals surface area (Å²) in [6.07, 6.45) is 2.72. The first-order valence-corrected chi connectivity index (χ1v) is 7.89. The first kappa shape index (κ1) is 15.6. The average Bonchev–Trinajstić information content (AvgIpc) is 2.41. The van der Waals surface area contributed by atoms with Crippen molar-refractivity contribution in [3.8, 4) is 0 Å². The minimum absolute atomic E-state index is 0.127. The van der Waals surface area contributed by atoms with E-state index in [4.69, 9.17) is 23.2 Å². The Bertz CT molecular complexity index is 617. The third kappa shape index (κ3) is 3.66. The quantitative estimate of drug-likeness (QED) is 0.662. The van der Waals surface area contributed by atoms with E-state index in [2.05, 4.69) is 39.2 Å². The highest BCUT2D eigenvalue weighted by Crippen LogP contribution is 2.31. The molecule has 1 aromatic heterocycles. The Morgan fingerprint density at radius 3 is 2.65 bits per heavy atom. The van der Waals surface area contributed by atoms with Crippen molar-refractivity contribution in [1.29, 1.82) is 0 Å². The molecular formula is C15H15BrCl2N2. The number of nitrogens with one attached hydrogen (secondary N) is 1. The highest BCUT2D eigenvalue weighted by atomic mass is 79.9. The molecule has 0 spiro atoms. The van der Waals surface area contributed by atoms with Crippen molar-refractivity contribution in [2.75, 3.05) is 5.32 Å². The van der Waals surface area contributed by atoms with Crippen LogP contribution in [-0.4, -0.2) is 4.98 Å². The summed E-state index contributed by atoms with van der Waals surface area (Å²) in [5, 5.41) is 4.79. The van der Waals surface area contributed by atoms with Crippen molar-refractivity contribution in [3.63, 3.8) is 0 Å². The molecule has 2 nitrogen and oxygen atoms in total. The number of hydrogen-bond acceptors (Lipinski definition) is 2. The predicted molar refractivity (Wildman–Crippen MR) is 89.8 cm³/mol. The molecule has 0 aliphatic carbocycles. The molecule has 0 saturated heterocycles. The topological polar surface area (TPSA) is 24.9 Å². The number of aryl methyl sites for hydroxylation is 1. The van der Waals surface area contributed by atoms with Gasteiger partial charge in [-0.2, -0.15) is 0 Å². The molecule has 5 heteroatoms. The van der Waals surface area contributed by atoms with Crippen LogP contribution in [0.15, 0.2) is 35.1 Å². The number of hydrogen-bond donors (Lipinski definition) is 1. The second-order valence-electron chi connectivity index (χ2n) is 4.60. The normalized spacial score (nSPS) is 12.2. The SMILES string of the molecule is CCC(Nc1cnc(Br)c(C)c1)c1ccc(Cl)cc1Cl. The number of rotatable bonds is 4. The fourth-order valence-electron chi connectivity index (χ4n) is 2.02. The van der Waals surface area contributed by atoms with E-state index in [9.17, 15) is 0 Å². The molecule has 0 radical (unpaired) electrons. The largest absolute Gasteiger partial charge is 0.377 e. The molecule has 106 valence electrons. The molecule has 0 amide bonds. The maximum atomic E-state index is 6.28. The van der Waals surface area contributed by atoms with Gasteiger partial charge in [-0.05, 0) is 58.6 Å². The number of anilines is 1. The fourth-order valence-corrected chi connectivity index (χ4v) is 2.78. The molecule has 0 aliphatic heterocycles. The maximum absolute atomic E-state index is 6.28. The molecule has 1 unspecified atom stereocenters. The van der Waals surface area contributed by atoms with Crippen LogP contribution in [0.25, 0.3) is 0 Å². The summed E-state index contributed by atoms with van der Waals surface area (Å²) in [7, 11) is 0. The summed E-state index contributed by atoms with van der Waals surface area (Å²) in [4.78, 5) is 4.30. The summed E-state index contributed by atoms with van der Waals surface area (Å²) in [6.45, 7) is 4.13. The Kier molecular flexibility index (Phi) is 5.30. The first-order valence-electron chi connectivity index (χ1n) is 6.35. The predicted octanol–water partition coefficient (Wildman–Crippen LogP) is 6.02. The van der Waals surface area contributed by atoms with Crippen molar-refractivity contribution in [2.24, 2.45) is 0 Å². The number of aromatic nitrogens is 1. The van der Waals surface area contributed by atoms with Crippen molar-refractivity contribution in [3.05, 3.63) is 56.2 Å². The van der Waals surface area contributed by atoms with Gasteiger partial charge in [-0.25, -0.2) is 4.98 Å². The molecule has 0 aliphatic rings. The van der Waals surface area contributed by atoms with Gasteiger partial charge in [-0.15, -0.1) is 0 Å². The Hall–Kier alpha value is -0.770. The van der Waals surface area contributed by atoms with E-state index >= 15 is 0 Å². The smallest absolute Gasteiger partial charge is 0.109 e. The van der Waals surface area contributed by atoms with Crippen LogP contribution < -0.4 is 5.32 Å². The van der Waals surface area contributed by atoms with Crippen LogP contribution in [0.5, 0.6) is 0 Å². The van der Waals surface area contributed by atoms with Crippen molar-refractivity contribution in [1.82, 2.24) is 4.98 Å². The van der Waals surface area contributed by atoms with Crippen LogP contribution >= 0.6 is 39.1 Å². The molecule has 0 bridgehead atoms. The van der Waals surface area contributed by atoms with E-state index in [1.807, 2.05) is 25.3 Å². The van der Waals surface area contributed by atoms with Gasteiger partial charge < -0.3 is 5.32 Å². The maximum Gasteiger partial charge on any atom is 0.109 e. The minimum Gasteiger partial charge on any atom is -0.377 e. The van der Waals surface area contributed by atoms with Gasteiger partial charge in [0, 0.05) is 10.0 Å². The molecule has 2 aromatic rings. The van der Waals surface area contributed by atoms with Crippen molar-refractivity contribution in [2.45, 2.75) is 26.3 Å². The van der Waals surface area contributed by atoms with Gasteiger partial charge in [0.15, 0.2) is 0 Å². The standard InChI is InChI=1S/C15H15BrCl2N2/c1-3-14(12-5-4-10(17)7-13(12)18)20-11-6-9(2)15(16)19-8-11/h4-8,14,20H,3H2,1-2H3. The van der Waals surface area contributed by atoms with Crippen LogP contribution in [-0.2, 0) is 0 Å². The Morgan fingerprint density at radius 1 is 1.30 bits per heavy atom. The second kappa shape index (κ2) is 6.79. The Morgan fingerprint density at radius 2 is 2.05 bits per heavy atom. The van der Waals surface area contributed by atoms with Crippen LogP contribution in [0.3, 0.4) is 0 Å². The van der Waals surface area contributed by atoms with Gasteiger partial charge in [0.05, 0.1) is 17.9 Å². The summed E-state index contributed by atoms with van der Waals surface area (Å²) in [5.74, 6) is 0. The second-order valence-corrected chi connectivity index (χ2v) is 6.20. The van der Waals surface area contributed by atoms with Crippen molar-refractivity contribution >= 4 is 44.8 Å². The van der Waals surface area contributed by atoms with Gasteiger partial charge in [0.25, 0.3) is 0 Å². The minimum atomic E-state index is 0.127. The molecule has 1 N–H and O–H groups in total. The Balaban J connectivity index is 2.26. The Labute approximate surface area is 137 Å². The van der Waals surface area contributed by atoms with Crippen LogP contribution in [0.4, 0.5) is 5.69 Å². The third-order valence-electron chi connectivity index (χ3n) is 3.10. The molecule has 1 heterocycles. The van der Waals surface area contributed by atoms with Gasteiger partial charge in [-0.1, -0.05) is 36.2 Å². The molecule has 20 heavy (non-hydrogen) atoms. The molecule has 1 aromatic carbocycles. The lowest BCUT2D eigenvalue weighted by atomic mass is 10.0. The zero-order valence-corrected chi connectivity index (χ0v) is 14.4. The number of nitrogens with zero attached hydrogens (tertiary/aromatic N) is 1. The van der Waals surface area contributed by atoms with E-state index in [-0.39, 0.29) is 6.04 Å². The lowest BCUT2D eigenvalue weighted by Crippen LogP contribution is -2.10. The molecule has 0 fully saturated rings. The van der Waals surface area contributed by atoms with Gasteiger partial charge in [0.2, 0.25) is 0 Å². The lowest BCUT2D eigenvalue weighted by molar-refractivity contribution is 0.748. The first-order chi connectivity index (χ1) is 9.51. The van der Waals surface area contributed by atoms with Crippen LogP contribution in [0.2, 0.25) is 10.0 Å². The molecular weight excluding hydrogens is 359 g/mol. The van der Waals surface area contributed by atoms with Crippen LogP contribution in [0, 0.1) is 6.92 Å². The van der Waals surface area contributed by atoms with Crippen LogP contribution in [0.1, 0.15) is 30.5 Å². The highest BCUT2D eigenvalue weighted by Gasteiger charge is 2.13. The van der Waals surface area contributed by atoms with E-state index in [0.717, 1.165) is 27.8 Å². The van der Waals surface area contributed by atoms with Gasteiger partial charge in [-0.3, -0.25) is 0 Å². The third-order valence-corrected chi connectivity index (χ3v) is 4.49. The van der Waals surface area contributed by atoms with E-state index in [1.54, 1.807) is 6.07 Å². The number of benzene rings is 1. The lowest BCUT2D eigenvalue weighted by Gasteiger charge is -2.20. The zero-order valence-electron chi connectivity index (χ0n) is 11.3. The van der Waals surface area contributed by atoms with Gasteiger partial charge in [0.1, 0.15) is 4.60 Å². The van der Waals surface area contributed by atoms with E-state index in [1.165, 1.54) is 0 Å². The van der Waals surface area contributed by atoms with E-state index in [0.29, 0.717) is 10.0 Å². The number of halogens is 3. The zero-order chi connectivity index (χ0) is 14.7. The average molecular weight is 374 g/mol. The highest BCUT2D eigenvalue weighted by molar-refractivity contribution is 9.10. The van der Waals surface area contributed by atoms with Gasteiger partial charge >= 0.3 is 0 Å². The summed E-state index contributed by atoms with van der Waals surface area (Å²) in [5.41, 5.74) is 3.11. The number of pyridine rings is 1. The summed E-state index contributed by atoms with van der Waals surface area (Å²) < 4.78 is 0.862. The molecule has 1 atom stereocenters. The molecule has 2 rings (SSSR count). The summed E-state index contributed by atoms with van der Waals surface area (Å²) in [6, 6.07) is 7.78. The summed E-state index contributed by atoms with van der Waals surface area (Å²) >= 11 is 15.6. The van der Waals surface area contributed by atoms with E-state index < -0.39 is 0 Å². The monoisotopic (exact) mass is 372 g/mol. The molecule has 0 saturated carbocycles. The van der Waals surface area contributed by atoms with Crippen molar-refractivity contribution < 1.29 is 0 Å².